The molecule has 0 aromatic heterocycles. The van der Waals surface area contributed by atoms with Crippen LogP contribution in [0.25, 0.3) is 0 Å². The molecule has 0 fully saturated rings. The highest BCUT2D eigenvalue weighted by atomic mass is 32.2. The lowest BCUT2D eigenvalue weighted by atomic mass is 9.81. The summed E-state index contributed by atoms with van der Waals surface area (Å²) in [5.41, 5.74) is 3.25. The minimum atomic E-state index is 0.238. The lowest BCUT2D eigenvalue weighted by Gasteiger charge is -2.40. The minimum Gasteiger partial charge on any atom is -0.318 e. The van der Waals surface area contributed by atoms with E-state index in [2.05, 4.69) is 71.1 Å². The zero-order valence-electron chi connectivity index (χ0n) is 15.5. The molecule has 1 unspecified atom stereocenters. The van der Waals surface area contributed by atoms with E-state index in [0.717, 1.165) is 24.3 Å². The Balaban J connectivity index is 1.87. The maximum absolute atomic E-state index is 4.77. The Labute approximate surface area is 145 Å². The van der Waals surface area contributed by atoms with E-state index in [0.29, 0.717) is 5.41 Å². The molecular formula is C19H32N3S+. The minimum absolute atomic E-state index is 0.238. The average Bonchev–Trinajstić information content (AvgIpc) is 2.45. The highest BCUT2D eigenvalue weighted by Crippen LogP contribution is 2.25. The van der Waals surface area contributed by atoms with E-state index < -0.39 is 0 Å². The number of nitrogens with zero attached hydrogens (tertiary/aromatic N) is 1. The molecular weight excluding hydrogens is 302 g/mol. The Bertz CT molecular complexity index is 541. The molecule has 0 aliphatic carbocycles. The monoisotopic (exact) mass is 334 g/mol. The molecule has 1 aliphatic rings. The summed E-state index contributed by atoms with van der Waals surface area (Å²) in [7, 11) is 0. The normalized spacial score (nSPS) is 19.2. The van der Waals surface area contributed by atoms with E-state index in [1.54, 1.807) is 0 Å². The van der Waals surface area contributed by atoms with Gasteiger partial charge in [0.15, 0.2) is 18.5 Å². The first-order valence-corrected chi connectivity index (χ1v) is 9.46. The first-order chi connectivity index (χ1) is 10.7. The van der Waals surface area contributed by atoms with Gasteiger partial charge in [-0.25, -0.2) is 4.99 Å². The second kappa shape index (κ2) is 7.27. The molecule has 2 N–H and O–H groups in total. The van der Waals surface area contributed by atoms with Gasteiger partial charge in [-0.2, -0.15) is 0 Å². The maximum atomic E-state index is 4.77. The topological polar surface area (TPSA) is 28.8 Å². The van der Waals surface area contributed by atoms with Crippen LogP contribution in [0.1, 0.15) is 52.2 Å². The molecule has 4 heteroatoms. The highest BCUT2D eigenvalue weighted by Gasteiger charge is 2.36. The fraction of sp³-hybridized carbons (Fsp3) is 0.632. The van der Waals surface area contributed by atoms with Crippen molar-refractivity contribution in [3.63, 3.8) is 0 Å². The van der Waals surface area contributed by atoms with Gasteiger partial charge in [-0.3, -0.25) is 4.90 Å². The maximum Gasteiger partial charge on any atom is 0.175 e. The standard InChI is InChI=1S/C19H31N3S/c1-15-7-9-16(10-8-15)11-23-17-20-13-22(14-21-17)19(5,6)12-18(2,3)4/h7-10H,11-14H2,1-6H3,(H,20,21)/p+1. The van der Waals surface area contributed by atoms with Crippen LogP contribution in [0.2, 0.25) is 0 Å². The SMILES string of the molecule is Cc1ccc(CSC2=NC[NH+](C(C)(C)CC(C)(C)C)CN2)cc1. The van der Waals surface area contributed by atoms with Gasteiger partial charge >= 0.3 is 0 Å². The number of nitrogens with one attached hydrogen (secondary N) is 2. The van der Waals surface area contributed by atoms with E-state index in [9.17, 15) is 0 Å². The summed E-state index contributed by atoms with van der Waals surface area (Å²) >= 11 is 1.81. The van der Waals surface area contributed by atoms with Crippen LogP contribution in [0.4, 0.5) is 0 Å². The van der Waals surface area contributed by atoms with Crippen molar-refractivity contribution in [1.29, 1.82) is 0 Å². The van der Waals surface area contributed by atoms with Crippen molar-refractivity contribution < 1.29 is 4.90 Å². The summed E-state index contributed by atoms with van der Waals surface area (Å²) in [4.78, 5) is 6.29. The molecule has 1 atom stereocenters. The van der Waals surface area contributed by atoms with Gasteiger partial charge in [0, 0.05) is 12.2 Å². The first kappa shape index (κ1) is 18.3. The molecule has 1 heterocycles. The van der Waals surface area contributed by atoms with Crippen molar-refractivity contribution in [2.75, 3.05) is 13.3 Å². The molecule has 23 heavy (non-hydrogen) atoms. The van der Waals surface area contributed by atoms with Gasteiger partial charge in [0.2, 0.25) is 0 Å². The first-order valence-electron chi connectivity index (χ1n) is 8.48. The smallest absolute Gasteiger partial charge is 0.175 e. The number of aryl methyl sites for hydroxylation is 1. The number of benzene rings is 1. The van der Waals surface area contributed by atoms with E-state index >= 15 is 0 Å². The molecule has 2 rings (SSSR count). The van der Waals surface area contributed by atoms with Gasteiger partial charge in [0.25, 0.3) is 0 Å². The van der Waals surface area contributed by atoms with Crippen molar-refractivity contribution in [2.45, 2.75) is 59.3 Å². The van der Waals surface area contributed by atoms with E-state index in [1.165, 1.54) is 22.4 Å². The number of quaternary nitrogens is 1. The molecule has 0 bridgehead atoms. The molecule has 0 saturated carbocycles. The second-order valence-electron chi connectivity index (χ2n) is 8.47. The van der Waals surface area contributed by atoms with Crippen molar-refractivity contribution in [1.82, 2.24) is 5.32 Å². The summed E-state index contributed by atoms with van der Waals surface area (Å²) in [6, 6.07) is 8.76. The number of thioether (sulfide) groups is 1. The molecule has 1 aromatic rings. The zero-order valence-corrected chi connectivity index (χ0v) is 16.3. The Morgan fingerprint density at radius 3 is 2.30 bits per heavy atom. The molecule has 1 aliphatic heterocycles. The van der Waals surface area contributed by atoms with Crippen molar-refractivity contribution in [3.8, 4) is 0 Å². The van der Waals surface area contributed by atoms with Crippen LogP contribution in [0.15, 0.2) is 29.3 Å². The van der Waals surface area contributed by atoms with Crippen LogP contribution in [0.3, 0.4) is 0 Å². The van der Waals surface area contributed by atoms with Crippen molar-refractivity contribution >= 4 is 16.9 Å². The third-order valence-electron chi connectivity index (χ3n) is 4.29. The van der Waals surface area contributed by atoms with Crippen LogP contribution in [0, 0.1) is 12.3 Å². The lowest BCUT2D eigenvalue weighted by Crippen LogP contribution is -3.21. The van der Waals surface area contributed by atoms with Crippen LogP contribution in [-0.4, -0.2) is 24.0 Å². The predicted octanol–water partition coefficient (Wildman–Crippen LogP) is 3.20. The quantitative estimate of drug-likeness (QED) is 0.885. The molecule has 0 radical (unpaired) electrons. The zero-order chi connectivity index (χ0) is 17.1. The summed E-state index contributed by atoms with van der Waals surface area (Å²) in [6.07, 6.45) is 1.19. The number of hydrogen-bond acceptors (Lipinski definition) is 3. The largest absolute Gasteiger partial charge is 0.318 e. The Hall–Kier alpha value is -1.00. The second-order valence-corrected chi connectivity index (χ2v) is 9.44. The predicted molar refractivity (Wildman–Crippen MR) is 102 cm³/mol. The average molecular weight is 335 g/mol. The fourth-order valence-corrected chi connectivity index (χ4v) is 4.12. The van der Waals surface area contributed by atoms with Crippen molar-refractivity contribution in [2.24, 2.45) is 10.4 Å². The summed E-state index contributed by atoms with van der Waals surface area (Å²) in [5.74, 6) is 0.979. The van der Waals surface area contributed by atoms with Gasteiger partial charge < -0.3 is 5.32 Å². The Morgan fingerprint density at radius 2 is 1.78 bits per heavy atom. The number of hydrogen-bond donors (Lipinski definition) is 2. The van der Waals surface area contributed by atoms with Gasteiger partial charge in [0.1, 0.15) is 0 Å². The third-order valence-corrected chi connectivity index (χ3v) is 5.32. The van der Waals surface area contributed by atoms with Crippen LogP contribution in [0.5, 0.6) is 0 Å². The summed E-state index contributed by atoms with van der Waals surface area (Å²) in [6.45, 7) is 15.6. The van der Waals surface area contributed by atoms with Gasteiger partial charge in [-0.15, -0.1) is 0 Å². The van der Waals surface area contributed by atoms with E-state index in [-0.39, 0.29) is 5.54 Å². The van der Waals surface area contributed by atoms with Gasteiger partial charge in [-0.1, -0.05) is 62.4 Å². The summed E-state index contributed by atoms with van der Waals surface area (Å²) in [5, 5.41) is 4.60. The molecule has 128 valence electrons. The lowest BCUT2D eigenvalue weighted by molar-refractivity contribution is -0.952. The Kier molecular flexibility index (Phi) is 5.79. The molecule has 1 aromatic carbocycles. The number of rotatable bonds is 4. The Morgan fingerprint density at radius 1 is 1.13 bits per heavy atom. The van der Waals surface area contributed by atoms with Crippen LogP contribution >= 0.6 is 11.8 Å². The summed E-state index contributed by atoms with van der Waals surface area (Å²) < 4.78 is 0. The van der Waals surface area contributed by atoms with Crippen LogP contribution < -0.4 is 10.2 Å². The van der Waals surface area contributed by atoms with E-state index in [4.69, 9.17) is 4.99 Å². The molecule has 0 spiro atoms. The van der Waals surface area contributed by atoms with Gasteiger partial charge in [-0.05, 0) is 31.7 Å². The molecule has 0 saturated heterocycles. The van der Waals surface area contributed by atoms with E-state index in [1.807, 2.05) is 11.8 Å². The van der Waals surface area contributed by atoms with Crippen molar-refractivity contribution in [3.05, 3.63) is 35.4 Å². The number of amidine groups is 1. The highest BCUT2D eigenvalue weighted by molar-refractivity contribution is 8.13. The third kappa shape index (κ3) is 5.85. The van der Waals surface area contributed by atoms with Gasteiger partial charge in [0.05, 0.1) is 5.54 Å². The van der Waals surface area contributed by atoms with Crippen LogP contribution in [-0.2, 0) is 5.75 Å². The number of aliphatic imine (C=N–C) groups is 1. The molecule has 3 nitrogen and oxygen atoms in total. The fourth-order valence-electron chi connectivity index (χ4n) is 3.30. The molecule has 0 amide bonds.